The largest absolute Gasteiger partial charge is 0.383 e. The van der Waals surface area contributed by atoms with E-state index in [1.54, 1.807) is 7.11 Å². The lowest BCUT2D eigenvalue weighted by Crippen LogP contribution is -2.50. The molecule has 4 heteroatoms. The van der Waals surface area contributed by atoms with Crippen LogP contribution in [0.15, 0.2) is 0 Å². The summed E-state index contributed by atoms with van der Waals surface area (Å²) in [5.41, 5.74) is 0.0608. The minimum absolute atomic E-state index is 0.0124. The molecule has 0 N–H and O–H groups in total. The highest BCUT2D eigenvalue weighted by Crippen LogP contribution is 2.39. The van der Waals surface area contributed by atoms with E-state index in [0.29, 0.717) is 19.6 Å². The fourth-order valence-corrected chi connectivity index (χ4v) is 3.23. The van der Waals surface area contributed by atoms with E-state index in [9.17, 15) is 8.78 Å². The number of ether oxygens (including phenoxy) is 1. The second-order valence-corrected chi connectivity index (χ2v) is 5.21. The molecule has 1 unspecified atom stereocenters. The Balaban J connectivity index is 2.07. The molecule has 0 bridgehead atoms. The van der Waals surface area contributed by atoms with E-state index in [-0.39, 0.29) is 18.4 Å². The molecule has 0 saturated carbocycles. The second-order valence-electron chi connectivity index (χ2n) is 5.21. The van der Waals surface area contributed by atoms with Crippen molar-refractivity contribution in [2.24, 2.45) is 0 Å². The van der Waals surface area contributed by atoms with Gasteiger partial charge in [-0.1, -0.05) is 0 Å². The number of hydrogen-bond donors (Lipinski definition) is 0. The van der Waals surface area contributed by atoms with Gasteiger partial charge >= 0.3 is 0 Å². The molecule has 2 saturated heterocycles. The van der Waals surface area contributed by atoms with Crippen molar-refractivity contribution >= 4 is 0 Å². The first-order valence-electron chi connectivity index (χ1n) is 6.20. The lowest BCUT2D eigenvalue weighted by atomic mass is 9.87. The van der Waals surface area contributed by atoms with E-state index < -0.39 is 5.92 Å². The molecule has 0 amide bonds. The molecule has 2 fully saturated rings. The molecule has 2 aliphatic heterocycles. The third-order valence-electron chi connectivity index (χ3n) is 4.09. The molecule has 1 atom stereocenters. The molecule has 2 heterocycles. The van der Waals surface area contributed by atoms with Gasteiger partial charge in [-0.15, -0.1) is 0 Å². The van der Waals surface area contributed by atoms with Crippen LogP contribution in [0.3, 0.4) is 0 Å². The lowest BCUT2D eigenvalue weighted by molar-refractivity contribution is -0.0594. The second kappa shape index (κ2) is 4.57. The summed E-state index contributed by atoms with van der Waals surface area (Å²) in [6, 6.07) is 0. The summed E-state index contributed by atoms with van der Waals surface area (Å²) in [6.45, 7) is 2.17. The Hall–Kier alpha value is -0.220. The highest BCUT2D eigenvalue weighted by Gasteiger charge is 2.44. The van der Waals surface area contributed by atoms with Gasteiger partial charge in [0.2, 0.25) is 5.92 Å². The van der Waals surface area contributed by atoms with Crippen LogP contribution in [-0.4, -0.2) is 43.2 Å². The number of methoxy groups -OCH3 is 1. The Labute approximate surface area is 95.9 Å². The Morgan fingerprint density at radius 2 is 1.81 bits per heavy atom. The normalized spacial score (nSPS) is 35.4. The van der Waals surface area contributed by atoms with Gasteiger partial charge in [0, 0.05) is 32.0 Å². The van der Waals surface area contributed by atoms with E-state index in [1.165, 1.54) is 0 Å². The van der Waals surface area contributed by atoms with Crippen molar-refractivity contribution in [2.45, 2.75) is 50.0 Å². The number of nitrogens with zero attached hydrogens (tertiary/aromatic N) is 1. The molecule has 94 valence electrons. The summed E-state index contributed by atoms with van der Waals surface area (Å²) >= 11 is 0. The first-order valence-corrected chi connectivity index (χ1v) is 6.20. The molecule has 2 aliphatic rings. The van der Waals surface area contributed by atoms with Crippen LogP contribution in [0.25, 0.3) is 0 Å². The van der Waals surface area contributed by atoms with Crippen LogP contribution < -0.4 is 0 Å². The van der Waals surface area contributed by atoms with Crippen LogP contribution in [0, 0.1) is 0 Å². The topological polar surface area (TPSA) is 12.5 Å². The predicted molar refractivity (Wildman–Crippen MR) is 58.8 cm³/mol. The molecule has 0 aromatic heterocycles. The molecule has 16 heavy (non-hydrogen) atoms. The fraction of sp³-hybridized carbons (Fsp3) is 1.00. The molecule has 0 spiro atoms. The van der Waals surface area contributed by atoms with Crippen molar-refractivity contribution < 1.29 is 13.5 Å². The third-order valence-corrected chi connectivity index (χ3v) is 4.09. The summed E-state index contributed by atoms with van der Waals surface area (Å²) in [6.07, 6.45) is 3.76. The zero-order valence-corrected chi connectivity index (χ0v) is 9.98. The predicted octanol–water partition coefficient (Wildman–Crippen LogP) is 2.68. The van der Waals surface area contributed by atoms with Crippen LogP contribution in [0.5, 0.6) is 0 Å². The highest BCUT2D eigenvalue weighted by atomic mass is 19.3. The van der Waals surface area contributed by atoms with Crippen molar-refractivity contribution in [3.63, 3.8) is 0 Å². The van der Waals surface area contributed by atoms with Crippen molar-refractivity contribution in [3.8, 4) is 0 Å². The lowest BCUT2D eigenvalue weighted by Gasteiger charge is -2.41. The standard InChI is InChI=1S/C12H21F2NO/c1-16-10-11-4-2-6-12(13,14)7-9-15(11)8-3-5-11/h2-10H2,1H3. The Morgan fingerprint density at radius 3 is 2.56 bits per heavy atom. The zero-order valence-electron chi connectivity index (χ0n) is 9.98. The summed E-state index contributed by atoms with van der Waals surface area (Å²) in [5.74, 6) is -2.46. The van der Waals surface area contributed by atoms with Crippen LogP contribution in [0.4, 0.5) is 8.78 Å². The first-order chi connectivity index (χ1) is 7.58. The number of halogens is 2. The Kier molecular flexibility index (Phi) is 3.50. The van der Waals surface area contributed by atoms with Gasteiger partial charge in [0.05, 0.1) is 6.61 Å². The summed E-state index contributed by atoms with van der Waals surface area (Å²) in [5, 5.41) is 0. The van der Waals surface area contributed by atoms with Crippen molar-refractivity contribution in [1.29, 1.82) is 0 Å². The van der Waals surface area contributed by atoms with Gasteiger partial charge in [-0.2, -0.15) is 0 Å². The number of alkyl halides is 2. The molecular weight excluding hydrogens is 212 g/mol. The van der Waals surface area contributed by atoms with Gasteiger partial charge in [-0.25, -0.2) is 8.78 Å². The number of fused-ring (bicyclic) bond motifs is 1. The SMILES string of the molecule is COCC12CCCN1CCC(F)(F)CCC2. The molecule has 0 aliphatic carbocycles. The van der Waals surface area contributed by atoms with Crippen molar-refractivity contribution in [2.75, 3.05) is 26.8 Å². The van der Waals surface area contributed by atoms with Gasteiger partial charge in [-0.3, -0.25) is 4.90 Å². The third kappa shape index (κ3) is 2.38. The monoisotopic (exact) mass is 233 g/mol. The maximum absolute atomic E-state index is 13.4. The van der Waals surface area contributed by atoms with Gasteiger partial charge in [0.1, 0.15) is 0 Å². The fourth-order valence-electron chi connectivity index (χ4n) is 3.23. The van der Waals surface area contributed by atoms with E-state index in [4.69, 9.17) is 4.74 Å². The first kappa shape index (κ1) is 12.2. The molecule has 2 rings (SSSR count). The maximum atomic E-state index is 13.4. The van der Waals surface area contributed by atoms with Gasteiger partial charge in [-0.05, 0) is 32.2 Å². The molecule has 0 aromatic carbocycles. The highest BCUT2D eigenvalue weighted by molar-refractivity contribution is 4.97. The molecule has 0 aromatic rings. The summed E-state index contributed by atoms with van der Waals surface area (Å²) < 4.78 is 32.0. The summed E-state index contributed by atoms with van der Waals surface area (Å²) in [7, 11) is 1.71. The van der Waals surface area contributed by atoms with E-state index in [1.807, 2.05) is 0 Å². The Bertz CT molecular complexity index is 247. The maximum Gasteiger partial charge on any atom is 0.249 e. The smallest absolute Gasteiger partial charge is 0.249 e. The average molecular weight is 233 g/mol. The van der Waals surface area contributed by atoms with Gasteiger partial charge in [0.15, 0.2) is 0 Å². The minimum Gasteiger partial charge on any atom is -0.383 e. The van der Waals surface area contributed by atoms with E-state index >= 15 is 0 Å². The van der Waals surface area contributed by atoms with Gasteiger partial charge < -0.3 is 4.74 Å². The van der Waals surface area contributed by atoms with E-state index in [0.717, 1.165) is 25.8 Å². The number of rotatable bonds is 2. The minimum atomic E-state index is -2.46. The summed E-state index contributed by atoms with van der Waals surface area (Å²) in [4.78, 5) is 2.24. The quantitative estimate of drug-likeness (QED) is 0.727. The zero-order chi connectivity index (χ0) is 11.6. The van der Waals surface area contributed by atoms with Crippen LogP contribution in [0.1, 0.15) is 38.5 Å². The molecular formula is C12H21F2NO. The van der Waals surface area contributed by atoms with Crippen molar-refractivity contribution in [1.82, 2.24) is 4.90 Å². The molecule has 2 nitrogen and oxygen atoms in total. The van der Waals surface area contributed by atoms with Crippen LogP contribution in [0.2, 0.25) is 0 Å². The van der Waals surface area contributed by atoms with Crippen LogP contribution in [-0.2, 0) is 4.74 Å². The number of hydrogen-bond acceptors (Lipinski definition) is 2. The van der Waals surface area contributed by atoms with Crippen molar-refractivity contribution in [3.05, 3.63) is 0 Å². The van der Waals surface area contributed by atoms with Crippen LogP contribution >= 0.6 is 0 Å². The van der Waals surface area contributed by atoms with E-state index in [2.05, 4.69) is 4.90 Å². The van der Waals surface area contributed by atoms with Gasteiger partial charge in [0.25, 0.3) is 0 Å². The average Bonchev–Trinajstić information content (AvgIpc) is 2.57. The Morgan fingerprint density at radius 1 is 1.06 bits per heavy atom. The molecule has 0 radical (unpaired) electrons.